The van der Waals surface area contributed by atoms with E-state index < -0.39 is 5.41 Å². The molecule has 0 saturated heterocycles. The van der Waals surface area contributed by atoms with Gasteiger partial charge in [0.2, 0.25) is 0 Å². The number of aromatic nitrogens is 3. The zero-order chi connectivity index (χ0) is 41.7. The van der Waals surface area contributed by atoms with Crippen molar-refractivity contribution < 1.29 is 0 Å². The lowest BCUT2D eigenvalue weighted by molar-refractivity contribution is 0.768. The van der Waals surface area contributed by atoms with Crippen molar-refractivity contribution in [2.75, 3.05) is 0 Å². The quantitative estimate of drug-likeness (QED) is 0.161. The Bertz CT molecular complexity index is 3460. The van der Waals surface area contributed by atoms with Gasteiger partial charge in [0.1, 0.15) is 0 Å². The van der Waals surface area contributed by atoms with Crippen molar-refractivity contribution in [3.8, 4) is 67.5 Å². The van der Waals surface area contributed by atoms with Crippen LogP contribution in [0.25, 0.3) is 89.1 Å². The van der Waals surface area contributed by atoms with Gasteiger partial charge in [0.15, 0.2) is 17.5 Å². The van der Waals surface area contributed by atoms with Crippen LogP contribution in [-0.2, 0) is 5.41 Å². The monoisotopic (exact) mass is 801 g/mol. The second-order valence-corrected chi connectivity index (χ2v) is 16.3. The van der Waals surface area contributed by atoms with E-state index >= 15 is 0 Å². The van der Waals surface area contributed by atoms with Gasteiger partial charge in [-0.25, -0.2) is 15.0 Å². The normalized spacial score (nSPS) is 12.6. The van der Waals surface area contributed by atoms with Crippen molar-refractivity contribution in [2.45, 2.75) is 5.41 Å². The molecule has 0 N–H and O–H groups in total. The summed E-state index contributed by atoms with van der Waals surface area (Å²) in [6.45, 7) is 0. The summed E-state index contributed by atoms with van der Waals surface area (Å²) in [4.78, 5) is 15.6. The lowest BCUT2D eigenvalue weighted by atomic mass is 9.67. The third-order valence-corrected chi connectivity index (χ3v) is 12.8. The fourth-order valence-corrected chi connectivity index (χ4v) is 9.84. The maximum Gasteiger partial charge on any atom is 0.164 e. The average Bonchev–Trinajstić information content (AvgIpc) is 3.67. The van der Waals surface area contributed by atoms with E-state index in [0.717, 1.165) is 27.8 Å². The molecule has 1 heterocycles. The molecule has 0 aliphatic heterocycles. The molecule has 11 aromatic rings. The molecule has 0 atom stereocenters. The highest BCUT2D eigenvalue weighted by Crippen LogP contribution is 2.56. The molecule has 3 heteroatoms. The molecule has 0 radical (unpaired) electrons. The van der Waals surface area contributed by atoms with Gasteiger partial charge in [-0.3, -0.25) is 0 Å². The van der Waals surface area contributed by atoms with Crippen molar-refractivity contribution in [1.82, 2.24) is 15.0 Å². The largest absolute Gasteiger partial charge is 0.208 e. The van der Waals surface area contributed by atoms with E-state index in [1.54, 1.807) is 0 Å². The van der Waals surface area contributed by atoms with Crippen LogP contribution in [0.15, 0.2) is 237 Å². The SMILES string of the molecule is c1ccc(-c2nc(-c3cccc(-c4ccc5cc(-c6cccc7ccccc67)ccc5c4)c3)nc(-c3ccc4c(c3)C(c3ccccc3)(c3ccccc3)c3ccccc3-4)n2)cc1. The third kappa shape index (κ3) is 6.16. The summed E-state index contributed by atoms with van der Waals surface area (Å²) < 4.78 is 0. The number of benzene rings is 10. The van der Waals surface area contributed by atoms with Gasteiger partial charge < -0.3 is 0 Å². The van der Waals surface area contributed by atoms with Crippen molar-refractivity contribution in [2.24, 2.45) is 0 Å². The molecule has 0 bridgehead atoms. The van der Waals surface area contributed by atoms with E-state index in [2.05, 4.69) is 218 Å². The smallest absolute Gasteiger partial charge is 0.164 e. The van der Waals surface area contributed by atoms with E-state index in [-0.39, 0.29) is 0 Å². The Balaban J connectivity index is 0.976. The van der Waals surface area contributed by atoms with E-state index in [1.165, 1.54) is 66.1 Å². The highest BCUT2D eigenvalue weighted by atomic mass is 15.0. The zero-order valence-corrected chi connectivity index (χ0v) is 34.4. The fourth-order valence-electron chi connectivity index (χ4n) is 9.84. The summed E-state index contributed by atoms with van der Waals surface area (Å²) in [6.07, 6.45) is 0. The van der Waals surface area contributed by atoms with Crippen LogP contribution < -0.4 is 0 Å². The van der Waals surface area contributed by atoms with Gasteiger partial charge in [0.05, 0.1) is 5.41 Å². The molecule has 1 aromatic heterocycles. The van der Waals surface area contributed by atoms with Gasteiger partial charge >= 0.3 is 0 Å². The maximum atomic E-state index is 5.29. The molecule has 0 amide bonds. The Morgan fingerprint density at radius 2 is 0.730 bits per heavy atom. The van der Waals surface area contributed by atoms with Gasteiger partial charge in [-0.1, -0.05) is 212 Å². The Hall–Kier alpha value is -8.27. The molecule has 10 aromatic carbocycles. The van der Waals surface area contributed by atoms with E-state index in [0.29, 0.717) is 17.5 Å². The Morgan fingerprint density at radius 3 is 1.48 bits per heavy atom. The van der Waals surface area contributed by atoms with Crippen LogP contribution in [0.4, 0.5) is 0 Å². The lowest BCUT2D eigenvalue weighted by Gasteiger charge is -2.34. The van der Waals surface area contributed by atoms with Crippen LogP contribution in [0, 0.1) is 0 Å². The van der Waals surface area contributed by atoms with Crippen molar-refractivity contribution in [1.29, 1.82) is 0 Å². The second-order valence-electron chi connectivity index (χ2n) is 16.3. The Labute approximate surface area is 366 Å². The van der Waals surface area contributed by atoms with Crippen molar-refractivity contribution >= 4 is 21.5 Å². The average molecular weight is 802 g/mol. The first-order valence-corrected chi connectivity index (χ1v) is 21.5. The fraction of sp³-hybridized carbons (Fsp3) is 0.0167. The summed E-state index contributed by atoms with van der Waals surface area (Å²) in [5.74, 6) is 1.89. The predicted molar refractivity (Wildman–Crippen MR) is 259 cm³/mol. The first-order chi connectivity index (χ1) is 31.2. The molecular formula is C60H39N3. The predicted octanol–water partition coefficient (Wildman–Crippen LogP) is 14.9. The molecule has 0 saturated carbocycles. The first-order valence-electron chi connectivity index (χ1n) is 21.5. The van der Waals surface area contributed by atoms with Crippen molar-refractivity contribution in [3.05, 3.63) is 259 Å². The zero-order valence-electron chi connectivity index (χ0n) is 34.4. The number of rotatable bonds is 7. The molecule has 1 aliphatic rings. The van der Waals surface area contributed by atoms with Crippen LogP contribution >= 0.6 is 0 Å². The Kier molecular flexibility index (Phi) is 8.72. The number of hydrogen-bond donors (Lipinski definition) is 0. The number of fused-ring (bicyclic) bond motifs is 5. The van der Waals surface area contributed by atoms with Crippen LogP contribution in [-0.4, -0.2) is 15.0 Å². The minimum atomic E-state index is -0.533. The standard InChI is InChI=1S/C60H39N3/c1-4-17-41(18-5-1)57-61-58(47-21-14-20-42(38-47)43-30-31-45-37-46(33-32-44(45)36-43)52-28-15-19-40-16-10-11-26-51(40)52)63-59(62-57)48-34-35-54-53-27-12-13-29-55(53)60(56(54)39-48,49-22-6-2-7-23-49)50-24-8-3-9-25-50/h1-39H. The molecule has 294 valence electrons. The highest BCUT2D eigenvalue weighted by Gasteiger charge is 2.46. The van der Waals surface area contributed by atoms with Gasteiger partial charge in [0, 0.05) is 16.7 Å². The molecule has 63 heavy (non-hydrogen) atoms. The number of hydrogen-bond acceptors (Lipinski definition) is 3. The molecule has 0 spiro atoms. The third-order valence-electron chi connectivity index (χ3n) is 12.8. The van der Waals surface area contributed by atoms with E-state index in [1.807, 2.05) is 18.2 Å². The number of nitrogens with zero attached hydrogens (tertiary/aromatic N) is 3. The summed E-state index contributed by atoms with van der Waals surface area (Å²) in [5, 5.41) is 4.91. The first kappa shape index (κ1) is 36.6. The molecule has 1 aliphatic carbocycles. The van der Waals surface area contributed by atoms with Gasteiger partial charge in [-0.15, -0.1) is 0 Å². The minimum Gasteiger partial charge on any atom is -0.208 e. The summed E-state index contributed by atoms with van der Waals surface area (Å²) in [6, 6.07) is 84.8. The van der Waals surface area contributed by atoms with Gasteiger partial charge in [0.25, 0.3) is 0 Å². The van der Waals surface area contributed by atoms with Gasteiger partial charge in [-0.05, 0) is 101 Å². The molecule has 12 rings (SSSR count). The van der Waals surface area contributed by atoms with Crippen LogP contribution in [0.3, 0.4) is 0 Å². The lowest BCUT2D eigenvalue weighted by Crippen LogP contribution is -2.28. The molecule has 0 fully saturated rings. The molecule has 3 nitrogen and oxygen atoms in total. The summed E-state index contributed by atoms with van der Waals surface area (Å²) >= 11 is 0. The molecule has 0 unspecified atom stereocenters. The van der Waals surface area contributed by atoms with Gasteiger partial charge in [-0.2, -0.15) is 0 Å². The van der Waals surface area contributed by atoms with Crippen LogP contribution in [0.1, 0.15) is 22.3 Å². The van der Waals surface area contributed by atoms with E-state index in [4.69, 9.17) is 15.0 Å². The second kappa shape index (κ2) is 15.0. The maximum absolute atomic E-state index is 5.29. The molecular weight excluding hydrogens is 763 g/mol. The summed E-state index contributed by atoms with van der Waals surface area (Å²) in [7, 11) is 0. The Morgan fingerprint density at radius 1 is 0.254 bits per heavy atom. The van der Waals surface area contributed by atoms with Crippen LogP contribution in [0.5, 0.6) is 0 Å². The summed E-state index contributed by atoms with van der Waals surface area (Å²) in [5.41, 5.74) is 14.3. The van der Waals surface area contributed by atoms with Crippen molar-refractivity contribution in [3.63, 3.8) is 0 Å². The highest BCUT2D eigenvalue weighted by molar-refractivity contribution is 5.99. The minimum absolute atomic E-state index is 0.533. The topological polar surface area (TPSA) is 38.7 Å². The van der Waals surface area contributed by atoms with Crippen LogP contribution in [0.2, 0.25) is 0 Å². The van der Waals surface area contributed by atoms with E-state index in [9.17, 15) is 0 Å².